The minimum Gasteiger partial charge on any atom is -0.425 e. The summed E-state index contributed by atoms with van der Waals surface area (Å²) in [7, 11) is 1.65. The lowest BCUT2D eigenvalue weighted by Crippen LogP contribution is -2.44. The molecule has 0 radical (unpaired) electrons. The lowest BCUT2D eigenvalue weighted by atomic mass is 10.1. The maximum atomic E-state index is 13.5. The monoisotopic (exact) mass is 500 g/mol. The Labute approximate surface area is 208 Å². The number of hydrogen-bond donors (Lipinski definition) is 1. The summed E-state index contributed by atoms with van der Waals surface area (Å²) in [5.41, 5.74) is 7.65. The van der Waals surface area contributed by atoms with E-state index in [1.54, 1.807) is 7.05 Å². The largest absolute Gasteiger partial charge is 0.425 e. The smallest absolute Gasteiger partial charge is 0.306 e. The van der Waals surface area contributed by atoms with Gasteiger partial charge in [-0.05, 0) is 36.6 Å². The van der Waals surface area contributed by atoms with Crippen LogP contribution < -0.4 is 20.9 Å². The highest BCUT2D eigenvalue weighted by molar-refractivity contribution is 6.31. The van der Waals surface area contributed by atoms with Crippen LogP contribution in [0.4, 0.5) is 5.95 Å². The van der Waals surface area contributed by atoms with Crippen molar-refractivity contribution in [2.24, 2.45) is 12.8 Å². The van der Waals surface area contributed by atoms with Gasteiger partial charge in [-0.3, -0.25) is 13.9 Å². The third kappa shape index (κ3) is 4.61. The summed E-state index contributed by atoms with van der Waals surface area (Å²) in [5.74, 6) is 1.26. The second-order valence-corrected chi connectivity index (χ2v) is 8.69. The first-order valence-electron chi connectivity index (χ1n) is 11.0. The van der Waals surface area contributed by atoms with Gasteiger partial charge in [-0.25, -0.2) is 0 Å². The molecule has 1 saturated heterocycles. The molecule has 0 saturated carbocycles. The van der Waals surface area contributed by atoms with Crippen LogP contribution in [0.3, 0.4) is 0 Å². The van der Waals surface area contributed by atoms with Crippen LogP contribution in [0.25, 0.3) is 11.2 Å². The Morgan fingerprint density at radius 2 is 1.85 bits per heavy atom. The van der Waals surface area contributed by atoms with Crippen molar-refractivity contribution in [3.8, 4) is 11.8 Å². The molecule has 0 unspecified atom stereocenters. The van der Waals surface area contributed by atoms with E-state index < -0.39 is 0 Å². The SMILES string of the molecule is Cl.Cn1c(Oc2ccccc2)nc2nc(N3CCC[C@@H](N)C3)n(Cc3ccccc3Cl)c2c1=O. The highest BCUT2D eigenvalue weighted by Crippen LogP contribution is 2.27. The van der Waals surface area contributed by atoms with Crippen LogP contribution in [-0.2, 0) is 13.6 Å². The molecule has 0 amide bonds. The van der Waals surface area contributed by atoms with E-state index in [4.69, 9.17) is 27.1 Å². The molecule has 34 heavy (non-hydrogen) atoms. The van der Waals surface area contributed by atoms with Crippen LogP contribution in [-0.4, -0.2) is 38.2 Å². The molecule has 5 rings (SSSR count). The van der Waals surface area contributed by atoms with Crippen molar-refractivity contribution in [2.45, 2.75) is 25.4 Å². The topological polar surface area (TPSA) is 91.2 Å². The van der Waals surface area contributed by atoms with Gasteiger partial charge in [-0.2, -0.15) is 9.97 Å². The summed E-state index contributed by atoms with van der Waals surface area (Å²) in [4.78, 5) is 25.0. The Balaban J connectivity index is 0.00000274. The molecule has 4 aromatic rings. The quantitative estimate of drug-likeness (QED) is 0.445. The summed E-state index contributed by atoms with van der Waals surface area (Å²) >= 11 is 6.45. The third-order valence-corrected chi connectivity index (χ3v) is 6.27. The number of ether oxygens (including phenoxy) is 1. The number of halogens is 2. The Morgan fingerprint density at radius 1 is 1.12 bits per heavy atom. The zero-order chi connectivity index (χ0) is 22.9. The number of fused-ring (bicyclic) bond motifs is 1. The Morgan fingerprint density at radius 3 is 2.59 bits per heavy atom. The number of benzene rings is 2. The highest BCUT2D eigenvalue weighted by Gasteiger charge is 2.26. The maximum absolute atomic E-state index is 13.5. The molecule has 1 aliphatic rings. The van der Waals surface area contributed by atoms with E-state index in [-0.39, 0.29) is 30.0 Å². The van der Waals surface area contributed by atoms with Crippen molar-refractivity contribution >= 4 is 41.1 Å². The third-order valence-electron chi connectivity index (χ3n) is 5.90. The van der Waals surface area contributed by atoms with E-state index in [1.165, 1.54) is 4.57 Å². The van der Waals surface area contributed by atoms with E-state index >= 15 is 0 Å². The van der Waals surface area contributed by atoms with E-state index in [2.05, 4.69) is 9.88 Å². The number of rotatable bonds is 5. The van der Waals surface area contributed by atoms with E-state index in [9.17, 15) is 4.79 Å². The summed E-state index contributed by atoms with van der Waals surface area (Å²) in [6, 6.07) is 17.1. The standard InChI is InChI=1S/C24H25ClN6O2.ClH/c1-29-22(32)20-21(28-24(29)33-18-10-3-2-4-11-18)27-23(30-13-7-9-17(26)15-30)31(20)14-16-8-5-6-12-19(16)25;/h2-6,8,10-12,17H,7,9,13-15,26H2,1H3;1H/t17-;/m1./s1. The molecule has 0 bridgehead atoms. The molecule has 2 aromatic heterocycles. The van der Waals surface area contributed by atoms with Crippen molar-refractivity contribution in [2.75, 3.05) is 18.0 Å². The zero-order valence-corrected chi connectivity index (χ0v) is 20.3. The van der Waals surface area contributed by atoms with E-state index in [0.29, 0.717) is 41.0 Å². The predicted octanol–water partition coefficient (Wildman–Crippen LogP) is 3.97. The summed E-state index contributed by atoms with van der Waals surface area (Å²) in [6.45, 7) is 1.87. The van der Waals surface area contributed by atoms with Crippen molar-refractivity contribution in [3.05, 3.63) is 75.5 Å². The van der Waals surface area contributed by atoms with Crippen molar-refractivity contribution in [1.29, 1.82) is 0 Å². The second kappa shape index (κ2) is 10.0. The Kier molecular flexibility index (Phi) is 7.11. The number of nitrogens with zero attached hydrogens (tertiary/aromatic N) is 5. The normalized spacial score (nSPS) is 15.9. The van der Waals surface area contributed by atoms with E-state index in [1.807, 2.05) is 59.2 Å². The molecular formula is C24H26Cl2N6O2. The van der Waals surface area contributed by atoms with Gasteiger partial charge in [0.1, 0.15) is 5.75 Å². The van der Waals surface area contributed by atoms with Gasteiger partial charge >= 0.3 is 6.01 Å². The summed E-state index contributed by atoms with van der Waals surface area (Å²) in [5, 5.41) is 0.634. The summed E-state index contributed by atoms with van der Waals surface area (Å²) in [6.07, 6.45) is 1.93. The molecular weight excluding hydrogens is 475 g/mol. The number of anilines is 1. The molecule has 1 aliphatic heterocycles. The van der Waals surface area contributed by atoms with Gasteiger partial charge in [-0.15, -0.1) is 12.4 Å². The number of imidazole rings is 1. The van der Waals surface area contributed by atoms with Crippen molar-refractivity contribution in [3.63, 3.8) is 0 Å². The van der Waals surface area contributed by atoms with Crippen LogP contribution >= 0.6 is 24.0 Å². The Bertz CT molecular complexity index is 1360. The van der Waals surface area contributed by atoms with Crippen LogP contribution in [0.1, 0.15) is 18.4 Å². The minimum atomic E-state index is -0.238. The summed E-state index contributed by atoms with van der Waals surface area (Å²) < 4.78 is 9.20. The van der Waals surface area contributed by atoms with Gasteiger partial charge in [-0.1, -0.05) is 48.0 Å². The lowest BCUT2D eigenvalue weighted by Gasteiger charge is -2.31. The zero-order valence-electron chi connectivity index (χ0n) is 18.7. The first kappa shape index (κ1) is 24.1. The number of hydrogen-bond acceptors (Lipinski definition) is 6. The highest BCUT2D eigenvalue weighted by atomic mass is 35.5. The van der Waals surface area contributed by atoms with Gasteiger partial charge in [0.25, 0.3) is 5.56 Å². The number of nitrogens with two attached hydrogens (primary N) is 1. The maximum Gasteiger partial charge on any atom is 0.306 e. The van der Waals surface area contributed by atoms with Gasteiger partial charge in [0, 0.05) is 31.2 Å². The van der Waals surface area contributed by atoms with Gasteiger partial charge in [0.15, 0.2) is 11.2 Å². The number of piperidine rings is 1. The molecule has 0 aliphatic carbocycles. The van der Waals surface area contributed by atoms with Gasteiger partial charge in [0.05, 0.1) is 6.54 Å². The molecule has 0 spiro atoms. The fraction of sp³-hybridized carbons (Fsp3) is 0.292. The van der Waals surface area contributed by atoms with Crippen LogP contribution in [0.15, 0.2) is 59.4 Å². The lowest BCUT2D eigenvalue weighted by molar-refractivity contribution is 0.415. The van der Waals surface area contributed by atoms with Crippen molar-refractivity contribution < 1.29 is 4.74 Å². The average molecular weight is 501 g/mol. The molecule has 1 atom stereocenters. The van der Waals surface area contributed by atoms with Gasteiger partial charge < -0.3 is 15.4 Å². The second-order valence-electron chi connectivity index (χ2n) is 8.28. The van der Waals surface area contributed by atoms with Crippen LogP contribution in [0.2, 0.25) is 5.02 Å². The molecule has 178 valence electrons. The molecule has 3 heterocycles. The van der Waals surface area contributed by atoms with Crippen LogP contribution in [0, 0.1) is 0 Å². The van der Waals surface area contributed by atoms with E-state index in [0.717, 1.165) is 24.9 Å². The molecule has 2 N–H and O–H groups in total. The fourth-order valence-electron chi connectivity index (χ4n) is 4.19. The molecule has 1 fully saturated rings. The number of para-hydroxylation sites is 1. The molecule has 8 nitrogen and oxygen atoms in total. The predicted molar refractivity (Wildman–Crippen MR) is 137 cm³/mol. The van der Waals surface area contributed by atoms with Crippen LogP contribution in [0.5, 0.6) is 11.8 Å². The molecule has 10 heteroatoms. The first-order chi connectivity index (χ1) is 16.0. The Hall–Kier alpha value is -3.07. The first-order valence-corrected chi connectivity index (χ1v) is 11.3. The van der Waals surface area contributed by atoms with Crippen molar-refractivity contribution in [1.82, 2.24) is 19.1 Å². The molecule has 2 aromatic carbocycles. The minimum absolute atomic E-state index is 0. The van der Waals surface area contributed by atoms with Gasteiger partial charge in [0.2, 0.25) is 5.95 Å². The average Bonchev–Trinajstić information content (AvgIpc) is 3.17. The fourth-order valence-corrected chi connectivity index (χ4v) is 4.39. The number of aromatic nitrogens is 4.